The molecule has 2 N–H and O–H groups in total. The Labute approximate surface area is 86.6 Å². The van der Waals surface area contributed by atoms with E-state index < -0.39 is 5.60 Å². The second-order valence-electron chi connectivity index (χ2n) is 3.98. The van der Waals surface area contributed by atoms with E-state index in [0.717, 1.165) is 0 Å². The largest absolute Gasteiger partial charge is 0.389 e. The van der Waals surface area contributed by atoms with Crippen LogP contribution in [-0.2, 0) is 9.47 Å². The topological polar surface area (TPSA) is 50.7 Å². The van der Waals surface area contributed by atoms with Gasteiger partial charge in [0.05, 0.1) is 12.2 Å². The van der Waals surface area contributed by atoms with Crippen molar-refractivity contribution in [3.05, 3.63) is 0 Å². The molecule has 4 nitrogen and oxygen atoms in total. The molecule has 0 heterocycles. The highest BCUT2D eigenvalue weighted by Crippen LogP contribution is 2.07. The first-order valence-corrected chi connectivity index (χ1v) is 4.95. The summed E-state index contributed by atoms with van der Waals surface area (Å²) < 4.78 is 9.90. The highest BCUT2D eigenvalue weighted by atomic mass is 16.5. The van der Waals surface area contributed by atoms with Crippen molar-refractivity contribution in [1.29, 1.82) is 0 Å². The van der Waals surface area contributed by atoms with Crippen molar-refractivity contribution >= 4 is 0 Å². The first kappa shape index (κ1) is 13.8. The van der Waals surface area contributed by atoms with E-state index in [4.69, 9.17) is 9.47 Å². The van der Waals surface area contributed by atoms with Gasteiger partial charge in [0.1, 0.15) is 0 Å². The number of nitrogens with one attached hydrogen (secondary N) is 1. The average molecular weight is 205 g/mol. The minimum atomic E-state index is -0.710. The Morgan fingerprint density at radius 2 is 2.00 bits per heavy atom. The predicted molar refractivity (Wildman–Crippen MR) is 56.5 cm³/mol. The Bertz CT molecular complexity index is 139. The predicted octanol–water partition coefficient (Wildman–Crippen LogP) is 0.398. The van der Waals surface area contributed by atoms with E-state index in [1.54, 1.807) is 21.1 Å². The van der Waals surface area contributed by atoms with Crippen molar-refractivity contribution in [2.75, 3.05) is 34.0 Å². The molecule has 0 rings (SSSR count). The Kier molecular flexibility index (Phi) is 7.09. The Balaban J connectivity index is 3.63. The van der Waals surface area contributed by atoms with Crippen LogP contribution in [0.2, 0.25) is 0 Å². The number of rotatable bonds is 8. The molecule has 2 unspecified atom stereocenters. The van der Waals surface area contributed by atoms with Gasteiger partial charge in [0, 0.05) is 39.8 Å². The molecular formula is C10H23NO3. The first-order valence-electron chi connectivity index (χ1n) is 4.95. The van der Waals surface area contributed by atoms with Crippen LogP contribution < -0.4 is 5.32 Å². The summed E-state index contributed by atoms with van der Waals surface area (Å²) in [6, 6.07) is 0.258. The van der Waals surface area contributed by atoms with Gasteiger partial charge in [-0.15, -0.1) is 0 Å². The van der Waals surface area contributed by atoms with E-state index in [0.29, 0.717) is 26.2 Å². The fourth-order valence-corrected chi connectivity index (χ4v) is 1.11. The number of hydrogen-bond acceptors (Lipinski definition) is 4. The lowest BCUT2D eigenvalue weighted by molar-refractivity contribution is 0.0207. The minimum absolute atomic E-state index is 0.258. The number of aliphatic hydroxyl groups is 1. The van der Waals surface area contributed by atoms with Gasteiger partial charge in [-0.05, 0) is 13.8 Å². The molecule has 0 saturated heterocycles. The minimum Gasteiger partial charge on any atom is -0.389 e. The number of hydrogen-bond donors (Lipinski definition) is 2. The fourth-order valence-electron chi connectivity index (χ4n) is 1.11. The first-order chi connectivity index (χ1) is 6.52. The molecule has 2 atom stereocenters. The molecule has 0 radical (unpaired) electrons. The Morgan fingerprint density at radius 1 is 1.36 bits per heavy atom. The molecule has 0 aliphatic carbocycles. The zero-order valence-electron chi connectivity index (χ0n) is 9.67. The van der Waals surface area contributed by atoms with E-state index in [2.05, 4.69) is 5.32 Å². The van der Waals surface area contributed by atoms with Crippen LogP contribution in [0.3, 0.4) is 0 Å². The summed E-state index contributed by atoms with van der Waals surface area (Å²) in [6.45, 7) is 5.61. The third-order valence-corrected chi connectivity index (χ3v) is 2.09. The molecule has 0 aliphatic rings. The molecule has 0 aromatic heterocycles. The van der Waals surface area contributed by atoms with Crippen LogP contribution in [0.5, 0.6) is 0 Å². The summed E-state index contributed by atoms with van der Waals surface area (Å²) in [5.41, 5.74) is -0.710. The van der Waals surface area contributed by atoms with E-state index >= 15 is 0 Å². The standard InChI is InChI=1S/C10H23NO3/c1-9(7-14-4)11-8-10(2,12)5-6-13-3/h9,11-12H,5-8H2,1-4H3. The Hall–Kier alpha value is -0.160. The van der Waals surface area contributed by atoms with E-state index in [1.165, 1.54) is 0 Å². The highest BCUT2D eigenvalue weighted by molar-refractivity contribution is 4.76. The van der Waals surface area contributed by atoms with Gasteiger partial charge in [0.15, 0.2) is 0 Å². The second-order valence-corrected chi connectivity index (χ2v) is 3.98. The maximum atomic E-state index is 9.88. The van der Waals surface area contributed by atoms with Gasteiger partial charge in [-0.25, -0.2) is 0 Å². The molecule has 14 heavy (non-hydrogen) atoms. The summed E-state index contributed by atoms with van der Waals surface area (Å²) in [5.74, 6) is 0. The summed E-state index contributed by atoms with van der Waals surface area (Å²) >= 11 is 0. The summed E-state index contributed by atoms with van der Waals surface area (Å²) in [7, 11) is 3.30. The zero-order chi connectivity index (χ0) is 11.0. The quantitative estimate of drug-likeness (QED) is 0.602. The van der Waals surface area contributed by atoms with Gasteiger partial charge in [-0.3, -0.25) is 0 Å². The lowest BCUT2D eigenvalue weighted by Gasteiger charge is -2.25. The monoisotopic (exact) mass is 205 g/mol. The van der Waals surface area contributed by atoms with Gasteiger partial charge in [-0.2, -0.15) is 0 Å². The van der Waals surface area contributed by atoms with Crippen LogP contribution in [0.1, 0.15) is 20.3 Å². The molecular weight excluding hydrogens is 182 g/mol. The smallest absolute Gasteiger partial charge is 0.0765 e. The van der Waals surface area contributed by atoms with Crippen molar-refractivity contribution < 1.29 is 14.6 Å². The molecule has 0 aromatic carbocycles. The van der Waals surface area contributed by atoms with E-state index in [-0.39, 0.29) is 6.04 Å². The summed E-state index contributed by atoms with van der Waals surface area (Å²) in [6.07, 6.45) is 0.635. The lowest BCUT2D eigenvalue weighted by Crippen LogP contribution is -2.43. The van der Waals surface area contributed by atoms with Crippen LogP contribution >= 0.6 is 0 Å². The van der Waals surface area contributed by atoms with E-state index in [9.17, 15) is 5.11 Å². The van der Waals surface area contributed by atoms with Crippen LogP contribution in [0.4, 0.5) is 0 Å². The number of methoxy groups -OCH3 is 2. The highest BCUT2D eigenvalue weighted by Gasteiger charge is 2.20. The molecule has 0 bridgehead atoms. The van der Waals surface area contributed by atoms with Crippen LogP contribution in [0, 0.1) is 0 Å². The molecule has 0 aliphatic heterocycles. The second kappa shape index (κ2) is 7.17. The molecule has 0 saturated carbocycles. The van der Waals surface area contributed by atoms with Crippen molar-refractivity contribution in [3.8, 4) is 0 Å². The SMILES string of the molecule is COCCC(C)(O)CNC(C)COC. The average Bonchev–Trinajstić information content (AvgIpc) is 2.13. The fraction of sp³-hybridized carbons (Fsp3) is 1.00. The molecule has 4 heteroatoms. The van der Waals surface area contributed by atoms with Crippen molar-refractivity contribution in [3.63, 3.8) is 0 Å². The maximum Gasteiger partial charge on any atom is 0.0765 e. The van der Waals surface area contributed by atoms with Crippen LogP contribution in [0.15, 0.2) is 0 Å². The lowest BCUT2D eigenvalue weighted by atomic mass is 10.0. The number of ether oxygens (including phenoxy) is 2. The molecule has 0 spiro atoms. The summed E-state index contributed by atoms with van der Waals surface area (Å²) in [4.78, 5) is 0. The van der Waals surface area contributed by atoms with Gasteiger partial charge in [-0.1, -0.05) is 0 Å². The van der Waals surface area contributed by atoms with Gasteiger partial charge >= 0.3 is 0 Å². The molecule has 0 amide bonds. The zero-order valence-corrected chi connectivity index (χ0v) is 9.67. The molecule has 0 fully saturated rings. The maximum absolute atomic E-state index is 9.88. The summed E-state index contributed by atoms with van der Waals surface area (Å²) in [5, 5.41) is 13.1. The van der Waals surface area contributed by atoms with Gasteiger partial charge < -0.3 is 19.9 Å². The third-order valence-electron chi connectivity index (χ3n) is 2.09. The van der Waals surface area contributed by atoms with Gasteiger partial charge in [0.2, 0.25) is 0 Å². The van der Waals surface area contributed by atoms with Crippen LogP contribution in [0.25, 0.3) is 0 Å². The van der Waals surface area contributed by atoms with Crippen LogP contribution in [-0.4, -0.2) is 50.7 Å². The van der Waals surface area contributed by atoms with Crippen molar-refractivity contribution in [2.24, 2.45) is 0 Å². The van der Waals surface area contributed by atoms with Crippen molar-refractivity contribution in [2.45, 2.75) is 31.9 Å². The van der Waals surface area contributed by atoms with Gasteiger partial charge in [0.25, 0.3) is 0 Å². The Morgan fingerprint density at radius 3 is 2.50 bits per heavy atom. The van der Waals surface area contributed by atoms with Crippen molar-refractivity contribution in [1.82, 2.24) is 5.32 Å². The molecule has 86 valence electrons. The molecule has 0 aromatic rings. The van der Waals surface area contributed by atoms with E-state index in [1.807, 2.05) is 6.92 Å². The normalized spacial score (nSPS) is 17.8. The third kappa shape index (κ3) is 7.26.